The summed E-state index contributed by atoms with van der Waals surface area (Å²) >= 11 is 0. The molecule has 0 unspecified atom stereocenters. The van der Waals surface area contributed by atoms with E-state index < -0.39 is 11.7 Å². The number of benzene rings is 3. The predicted molar refractivity (Wildman–Crippen MR) is 109 cm³/mol. The van der Waals surface area contributed by atoms with Gasteiger partial charge in [-0.15, -0.1) is 0 Å². The normalized spacial score (nSPS) is 14.9. The smallest absolute Gasteiger partial charge is 0.287 e. The van der Waals surface area contributed by atoms with Crippen molar-refractivity contribution in [2.75, 3.05) is 4.90 Å². The van der Waals surface area contributed by atoms with E-state index in [0.717, 1.165) is 12.1 Å². The molecule has 4 rings (SSSR count). The summed E-state index contributed by atoms with van der Waals surface area (Å²) in [6.07, 6.45) is -2.77. The van der Waals surface area contributed by atoms with E-state index in [1.165, 1.54) is 24.0 Å². The molecular formula is C24H16F3NO2. The van der Waals surface area contributed by atoms with Gasteiger partial charge in [-0.1, -0.05) is 42.5 Å². The maximum absolute atomic E-state index is 12.8. The first-order valence-corrected chi connectivity index (χ1v) is 9.19. The zero-order valence-electron chi connectivity index (χ0n) is 15.9. The van der Waals surface area contributed by atoms with Crippen LogP contribution in [0.5, 0.6) is 0 Å². The molecule has 1 heterocycles. The molecule has 150 valence electrons. The summed E-state index contributed by atoms with van der Waals surface area (Å²) in [7, 11) is 0. The second-order valence-corrected chi connectivity index (χ2v) is 6.93. The van der Waals surface area contributed by atoms with Gasteiger partial charge in [0, 0.05) is 12.5 Å². The molecule has 0 spiro atoms. The van der Waals surface area contributed by atoms with E-state index in [1.54, 1.807) is 54.6 Å². The Morgan fingerprint density at radius 3 is 2.27 bits per heavy atom. The van der Waals surface area contributed by atoms with Crippen molar-refractivity contribution >= 4 is 23.5 Å². The molecule has 0 atom stereocenters. The highest BCUT2D eigenvalue weighted by Gasteiger charge is 2.34. The summed E-state index contributed by atoms with van der Waals surface area (Å²) < 4.78 is 38.4. The van der Waals surface area contributed by atoms with Gasteiger partial charge in [0.05, 0.1) is 16.9 Å². The Labute approximate surface area is 171 Å². The number of para-hydroxylation sites is 1. The highest BCUT2D eigenvalue weighted by Crippen LogP contribution is 2.36. The van der Waals surface area contributed by atoms with Crippen molar-refractivity contribution in [3.8, 4) is 11.1 Å². The Kier molecular flexibility index (Phi) is 4.78. The Hall–Kier alpha value is -3.67. The van der Waals surface area contributed by atoms with Crippen LogP contribution in [0, 0.1) is 0 Å². The number of ketones is 1. The molecule has 0 radical (unpaired) electrons. The molecule has 1 aliphatic heterocycles. The monoisotopic (exact) mass is 407 g/mol. The first-order valence-electron chi connectivity index (χ1n) is 9.19. The van der Waals surface area contributed by atoms with E-state index in [9.17, 15) is 22.8 Å². The minimum atomic E-state index is -4.39. The summed E-state index contributed by atoms with van der Waals surface area (Å²) in [5.74, 6) is -0.529. The average Bonchev–Trinajstić information content (AvgIpc) is 3.00. The minimum absolute atomic E-state index is 0.244. The molecule has 6 heteroatoms. The van der Waals surface area contributed by atoms with E-state index in [-0.39, 0.29) is 17.4 Å². The van der Waals surface area contributed by atoms with Gasteiger partial charge in [0.1, 0.15) is 0 Å². The van der Waals surface area contributed by atoms with Crippen LogP contribution in [0.15, 0.2) is 78.5 Å². The second-order valence-electron chi connectivity index (χ2n) is 6.93. The van der Waals surface area contributed by atoms with Crippen molar-refractivity contribution in [3.63, 3.8) is 0 Å². The summed E-state index contributed by atoms with van der Waals surface area (Å²) in [6.45, 7) is 1.39. The lowest BCUT2D eigenvalue weighted by molar-refractivity contribution is -0.137. The first-order chi connectivity index (χ1) is 14.3. The number of amides is 1. The molecule has 0 bridgehead atoms. The zero-order chi connectivity index (χ0) is 21.5. The molecule has 3 aromatic rings. The van der Waals surface area contributed by atoms with Crippen molar-refractivity contribution in [1.29, 1.82) is 0 Å². The van der Waals surface area contributed by atoms with E-state index in [1.807, 2.05) is 0 Å². The lowest BCUT2D eigenvalue weighted by atomic mass is 10.0. The number of halogens is 3. The van der Waals surface area contributed by atoms with Crippen LogP contribution in [-0.2, 0) is 11.0 Å². The van der Waals surface area contributed by atoms with Crippen molar-refractivity contribution in [3.05, 3.63) is 95.2 Å². The Bertz CT molecular complexity index is 1180. The molecule has 0 aromatic heterocycles. The van der Waals surface area contributed by atoms with Gasteiger partial charge in [-0.05, 0) is 53.1 Å². The number of nitrogens with zero attached hydrogens (tertiary/aromatic N) is 1. The molecule has 3 aromatic carbocycles. The fourth-order valence-electron chi connectivity index (χ4n) is 3.52. The number of hydrogen-bond donors (Lipinski definition) is 0. The molecular weight excluding hydrogens is 391 g/mol. The molecule has 0 saturated heterocycles. The Morgan fingerprint density at radius 1 is 0.900 bits per heavy atom. The second kappa shape index (κ2) is 7.30. The van der Waals surface area contributed by atoms with E-state index >= 15 is 0 Å². The number of Topliss-reactive ketones (excluding diaryl/α,β-unsaturated/α-hetero) is 1. The Morgan fingerprint density at radius 2 is 1.60 bits per heavy atom. The molecule has 3 nitrogen and oxygen atoms in total. The third-order valence-electron chi connectivity index (χ3n) is 4.91. The molecule has 30 heavy (non-hydrogen) atoms. The first kappa shape index (κ1) is 19.6. The fourth-order valence-corrected chi connectivity index (χ4v) is 3.52. The maximum atomic E-state index is 12.8. The van der Waals surface area contributed by atoms with E-state index in [0.29, 0.717) is 27.9 Å². The number of rotatable bonds is 2. The van der Waals surface area contributed by atoms with Gasteiger partial charge in [-0.3, -0.25) is 14.5 Å². The van der Waals surface area contributed by atoms with Gasteiger partial charge in [-0.25, -0.2) is 0 Å². The van der Waals surface area contributed by atoms with Gasteiger partial charge in [0.2, 0.25) is 11.7 Å². The number of carbonyl (C=O) groups is 2. The van der Waals surface area contributed by atoms with Crippen LogP contribution in [0.1, 0.15) is 28.4 Å². The van der Waals surface area contributed by atoms with Crippen LogP contribution >= 0.6 is 0 Å². The summed E-state index contributed by atoms with van der Waals surface area (Å²) in [5.41, 5.74) is 2.51. The predicted octanol–water partition coefficient (Wildman–Crippen LogP) is 5.96. The molecule has 1 amide bonds. The molecule has 0 saturated carbocycles. The van der Waals surface area contributed by atoms with Crippen molar-refractivity contribution in [2.24, 2.45) is 0 Å². The number of hydrogen-bond acceptors (Lipinski definition) is 2. The molecule has 1 aliphatic rings. The molecule has 0 fully saturated rings. The SMILES string of the molecule is CC(=O)N1/C(=C/c2cccc(-c3ccc(C(F)(F)F)cc3)c2)C(=O)c2ccccc21. The van der Waals surface area contributed by atoms with Gasteiger partial charge < -0.3 is 0 Å². The molecule has 0 N–H and O–H groups in total. The number of allylic oxidation sites excluding steroid dienone is 1. The van der Waals surface area contributed by atoms with Crippen LogP contribution in [0.2, 0.25) is 0 Å². The number of fused-ring (bicyclic) bond motifs is 1. The van der Waals surface area contributed by atoms with E-state index in [2.05, 4.69) is 0 Å². The van der Waals surface area contributed by atoms with Crippen molar-refractivity contribution in [1.82, 2.24) is 0 Å². The number of carbonyl (C=O) groups excluding carboxylic acids is 2. The largest absolute Gasteiger partial charge is 0.416 e. The van der Waals surface area contributed by atoms with Crippen LogP contribution in [0.3, 0.4) is 0 Å². The third-order valence-corrected chi connectivity index (χ3v) is 4.91. The number of alkyl halides is 3. The van der Waals surface area contributed by atoms with Gasteiger partial charge >= 0.3 is 6.18 Å². The minimum Gasteiger partial charge on any atom is -0.287 e. The van der Waals surface area contributed by atoms with Crippen molar-refractivity contribution < 1.29 is 22.8 Å². The lowest BCUT2D eigenvalue weighted by Crippen LogP contribution is -2.25. The topological polar surface area (TPSA) is 37.4 Å². The molecule has 0 aliphatic carbocycles. The maximum Gasteiger partial charge on any atom is 0.416 e. The highest BCUT2D eigenvalue weighted by atomic mass is 19.4. The average molecular weight is 407 g/mol. The standard InChI is InChI=1S/C24H16F3NO2/c1-15(29)28-21-8-3-2-7-20(21)23(30)22(28)14-16-5-4-6-18(13-16)17-9-11-19(12-10-17)24(25,26)27/h2-14H,1H3/b22-14+. The summed E-state index contributed by atoms with van der Waals surface area (Å²) in [4.78, 5) is 26.4. The zero-order valence-corrected chi connectivity index (χ0v) is 15.9. The van der Waals surface area contributed by atoms with Crippen LogP contribution in [0.4, 0.5) is 18.9 Å². The lowest BCUT2D eigenvalue weighted by Gasteiger charge is -2.16. The quantitative estimate of drug-likeness (QED) is 0.492. The third kappa shape index (κ3) is 3.52. The fraction of sp³-hybridized carbons (Fsp3) is 0.0833. The number of anilines is 1. The highest BCUT2D eigenvalue weighted by molar-refractivity contribution is 6.26. The van der Waals surface area contributed by atoms with Crippen LogP contribution in [-0.4, -0.2) is 11.7 Å². The Balaban J connectivity index is 1.72. The van der Waals surface area contributed by atoms with Gasteiger partial charge in [-0.2, -0.15) is 13.2 Å². The summed E-state index contributed by atoms with van der Waals surface area (Å²) in [6, 6.07) is 18.9. The van der Waals surface area contributed by atoms with Gasteiger partial charge in [0.25, 0.3) is 0 Å². The van der Waals surface area contributed by atoms with Gasteiger partial charge in [0.15, 0.2) is 0 Å². The van der Waals surface area contributed by atoms with Crippen LogP contribution in [0.25, 0.3) is 17.2 Å². The van der Waals surface area contributed by atoms with Crippen LogP contribution < -0.4 is 4.90 Å². The van der Waals surface area contributed by atoms with Crippen molar-refractivity contribution in [2.45, 2.75) is 13.1 Å². The summed E-state index contributed by atoms with van der Waals surface area (Å²) in [5, 5.41) is 0. The van der Waals surface area contributed by atoms with E-state index in [4.69, 9.17) is 0 Å².